The first kappa shape index (κ1) is 18.7. The van der Waals surface area contributed by atoms with Gasteiger partial charge in [0, 0.05) is 18.5 Å². The van der Waals surface area contributed by atoms with Crippen molar-refractivity contribution >= 4 is 17.3 Å². The molecule has 0 saturated heterocycles. The summed E-state index contributed by atoms with van der Waals surface area (Å²) in [5.41, 5.74) is -0.845. The number of aromatic nitrogens is 1. The standard InChI is InChI=1S/C14H23F3N4S/c1-9(2)5-6-10(3)20-13(18-4)19-7-12-21-11(8-22-12)14(15,16)17/h8-10H,5-7H2,1-4H3,(H2,18,19,20). The van der Waals surface area contributed by atoms with Crippen molar-refractivity contribution < 1.29 is 13.2 Å². The molecule has 0 bridgehead atoms. The average Bonchev–Trinajstić information content (AvgIpc) is 2.90. The van der Waals surface area contributed by atoms with Crippen LogP contribution in [0.5, 0.6) is 0 Å². The second-order valence-electron chi connectivity index (χ2n) is 5.57. The van der Waals surface area contributed by atoms with Gasteiger partial charge in [0.15, 0.2) is 11.7 Å². The van der Waals surface area contributed by atoms with E-state index in [0.29, 0.717) is 16.9 Å². The molecule has 1 heterocycles. The fourth-order valence-corrected chi connectivity index (χ4v) is 2.51. The van der Waals surface area contributed by atoms with Crippen molar-refractivity contribution in [1.29, 1.82) is 0 Å². The van der Waals surface area contributed by atoms with Gasteiger partial charge in [0.25, 0.3) is 0 Å². The van der Waals surface area contributed by atoms with E-state index in [1.165, 1.54) is 0 Å². The fourth-order valence-electron chi connectivity index (χ4n) is 1.77. The molecule has 0 aliphatic rings. The summed E-state index contributed by atoms with van der Waals surface area (Å²) in [6.45, 7) is 6.61. The quantitative estimate of drug-likeness (QED) is 0.616. The highest BCUT2D eigenvalue weighted by molar-refractivity contribution is 7.09. The Morgan fingerprint density at radius 2 is 2.00 bits per heavy atom. The maximum absolute atomic E-state index is 12.5. The summed E-state index contributed by atoms with van der Waals surface area (Å²) in [7, 11) is 1.63. The van der Waals surface area contributed by atoms with E-state index in [1.54, 1.807) is 7.05 Å². The van der Waals surface area contributed by atoms with Gasteiger partial charge in [0.2, 0.25) is 0 Å². The Morgan fingerprint density at radius 1 is 1.32 bits per heavy atom. The van der Waals surface area contributed by atoms with E-state index in [1.807, 2.05) is 0 Å². The van der Waals surface area contributed by atoms with Crippen molar-refractivity contribution in [3.05, 3.63) is 16.1 Å². The summed E-state index contributed by atoms with van der Waals surface area (Å²) in [5.74, 6) is 1.20. The van der Waals surface area contributed by atoms with Gasteiger partial charge in [0.05, 0.1) is 6.54 Å². The van der Waals surface area contributed by atoms with Gasteiger partial charge in [-0.05, 0) is 25.7 Å². The van der Waals surface area contributed by atoms with Crippen molar-refractivity contribution in [3.8, 4) is 0 Å². The predicted molar refractivity (Wildman–Crippen MR) is 84.0 cm³/mol. The van der Waals surface area contributed by atoms with Gasteiger partial charge in [-0.25, -0.2) is 4.98 Å². The van der Waals surface area contributed by atoms with Crippen molar-refractivity contribution in [2.75, 3.05) is 7.05 Å². The highest BCUT2D eigenvalue weighted by atomic mass is 32.1. The zero-order valence-corrected chi connectivity index (χ0v) is 14.1. The van der Waals surface area contributed by atoms with Crippen LogP contribution in [0.1, 0.15) is 44.3 Å². The molecule has 2 N–H and O–H groups in total. The highest BCUT2D eigenvalue weighted by Gasteiger charge is 2.33. The Bertz CT molecular complexity index is 483. The zero-order chi connectivity index (χ0) is 16.8. The first-order chi connectivity index (χ1) is 10.2. The van der Waals surface area contributed by atoms with Gasteiger partial charge in [-0.15, -0.1) is 11.3 Å². The van der Waals surface area contributed by atoms with Crippen molar-refractivity contribution in [1.82, 2.24) is 15.6 Å². The minimum absolute atomic E-state index is 0.220. The molecule has 0 aromatic carbocycles. The van der Waals surface area contributed by atoms with Crippen LogP contribution in [0.4, 0.5) is 13.2 Å². The third kappa shape index (κ3) is 6.64. The minimum atomic E-state index is -4.39. The number of thiazole rings is 1. The van der Waals surface area contributed by atoms with Crippen molar-refractivity contribution in [2.45, 2.75) is 52.4 Å². The third-order valence-electron chi connectivity index (χ3n) is 3.03. The molecule has 1 aromatic rings. The van der Waals surface area contributed by atoms with E-state index >= 15 is 0 Å². The normalized spacial score (nSPS) is 14.3. The molecule has 1 atom stereocenters. The van der Waals surface area contributed by atoms with Gasteiger partial charge in [0.1, 0.15) is 5.01 Å². The third-order valence-corrected chi connectivity index (χ3v) is 3.88. The summed E-state index contributed by atoms with van der Waals surface area (Å²) in [4.78, 5) is 7.65. The molecule has 0 fully saturated rings. The van der Waals surface area contributed by atoms with Crippen molar-refractivity contribution in [2.24, 2.45) is 10.9 Å². The lowest BCUT2D eigenvalue weighted by atomic mass is 10.0. The molecule has 0 spiro atoms. The highest BCUT2D eigenvalue weighted by Crippen LogP contribution is 2.29. The maximum Gasteiger partial charge on any atom is 0.434 e. The molecule has 0 saturated carbocycles. The molecule has 0 aliphatic heterocycles. The van der Waals surface area contributed by atoms with Gasteiger partial charge in [-0.3, -0.25) is 4.99 Å². The largest absolute Gasteiger partial charge is 0.434 e. The molecule has 0 amide bonds. The monoisotopic (exact) mass is 336 g/mol. The Hall–Kier alpha value is -1.31. The summed E-state index contributed by atoms with van der Waals surface area (Å²) in [6.07, 6.45) is -2.28. The predicted octanol–water partition coefficient (Wildman–Crippen LogP) is 3.65. The van der Waals surface area contributed by atoms with Crippen LogP contribution in [-0.2, 0) is 12.7 Å². The number of hydrogen-bond donors (Lipinski definition) is 2. The van der Waals surface area contributed by atoms with E-state index in [0.717, 1.165) is 29.6 Å². The Labute approximate surface area is 133 Å². The second kappa shape index (κ2) is 8.36. The first-order valence-electron chi connectivity index (χ1n) is 7.21. The van der Waals surface area contributed by atoms with Gasteiger partial charge in [-0.1, -0.05) is 13.8 Å². The molecule has 1 unspecified atom stereocenters. The number of aliphatic imine (C=N–C) groups is 1. The number of hydrogen-bond acceptors (Lipinski definition) is 3. The average molecular weight is 336 g/mol. The SMILES string of the molecule is CN=C(NCc1nc(C(F)(F)F)cs1)NC(C)CCC(C)C. The van der Waals surface area contributed by atoms with E-state index in [9.17, 15) is 13.2 Å². The molecular formula is C14H23F3N4S. The lowest BCUT2D eigenvalue weighted by molar-refractivity contribution is -0.140. The van der Waals surface area contributed by atoms with Gasteiger partial charge in [-0.2, -0.15) is 13.2 Å². The fraction of sp³-hybridized carbons (Fsp3) is 0.714. The van der Waals surface area contributed by atoms with E-state index in [4.69, 9.17) is 0 Å². The molecule has 1 rings (SSSR count). The first-order valence-corrected chi connectivity index (χ1v) is 8.09. The molecule has 1 aromatic heterocycles. The smallest absolute Gasteiger partial charge is 0.354 e. The van der Waals surface area contributed by atoms with Crippen LogP contribution in [0.2, 0.25) is 0 Å². The van der Waals surface area contributed by atoms with Gasteiger partial charge < -0.3 is 10.6 Å². The Balaban J connectivity index is 2.46. The van der Waals surface area contributed by atoms with Gasteiger partial charge >= 0.3 is 6.18 Å². The molecule has 8 heteroatoms. The van der Waals surface area contributed by atoms with E-state index in [2.05, 4.69) is 41.4 Å². The second-order valence-corrected chi connectivity index (χ2v) is 6.51. The van der Waals surface area contributed by atoms with E-state index < -0.39 is 11.9 Å². The number of nitrogens with one attached hydrogen (secondary N) is 2. The molecule has 0 radical (unpaired) electrons. The van der Waals surface area contributed by atoms with Crippen LogP contribution in [0.3, 0.4) is 0 Å². The van der Waals surface area contributed by atoms with E-state index in [-0.39, 0.29) is 12.6 Å². The van der Waals surface area contributed by atoms with Crippen LogP contribution in [0.15, 0.2) is 10.4 Å². The molecular weight excluding hydrogens is 313 g/mol. The lowest BCUT2D eigenvalue weighted by Crippen LogP contribution is -2.41. The molecule has 126 valence electrons. The number of guanidine groups is 1. The number of alkyl halides is 3. The number of halogens is 3. The maximum atomic E-state index is 12.5. The molecule has 22 heavy (non-hydrogen) atoms. The topological polar surface area (TPSA) is 49.3 Å². The summed E-state index contributed by atoms with van der Waals surface area (Å²) >= 11 is 0.986. The van der Waals surface area contributed by atoms with Crippen molar-refractivity contribution in [3.63, 3.8) is 0 Å². The van der Waals surface area contributed by atoms with Crippen LogP contribution in [0.25, 0.3) is 0 Å². The minimum Gasteiger partial charge on any atom is -0.354 e. The summed E-state index contributed by atoms with van der Waals surface area (Å²) < 4.78 is 37.4. The molecule has 4 nitrogen and oxygen atoms in total. The number of nitrogens with zero attached hydrogens (tertiary/aromatic N) is 2. The van der Waals surface area contributed by atoms with Crippen LogP contribution in [-0.4, -0.2) is 24.0 Å². The summed E-state index contributed by atoms with van der Waals surface area (Å²) in [5, 5.41) is 7.62. The summed E-state index contributed by atoms with van der Waals surface area (Å²) in [6, 6.07) is 0.246. The van der Waals surface area contributed by atoms with Crippen LogP contribution < -0.4 is 10.6 Å². The lowest BCUT2D eigenvalue weighted by Gasteiger charge is -2.18. The van der Waals surface area contributed by atoms with Crippen LogP contribution >= 0.6 is 11.3 Å². The number of rotatable bonds is 6. The van der Waals surface area contributed by atoms with Crippen LogP contribution in [0, 0.1) is 5.92 Å². The Morgan fingerprint density at radius 3 is 2.50 bits per heavy atom. The zero-order valence-electron chi connectivity index (χ0n) is 13.3. The molecule has 0 aliphatic carbocycles. The Kier molecular flexibility index (Phi) is 7.12.